The molecule has 0 amide bonds. The molecule has 6 N–H and O–H groups in total. The van der Waals surface area contributed by atoms with Gasteiger partial charge in [-0.25, -0.2) is 13.2 Å². The van der Waals surface area contributed by atoms with E-state index < -0.39 is 34.2 Å². The maximum Gasteiger partial charge on any atom is 0.490 e. The summed E-state index contributed by atoms with van der Waals surface area (Å²) in [6.45, 7) is 2.55. The summed E-state index contributed by atoms with van der Waals surface area (Å²) in [6, 6.07) is 4.19. The molecular formula is C20H29F3N4O8S. The Kier molecular flexibility index (Phi) is 11.7. The topological polar surface area (TPSA) is 195 Å². The summed E-state index contributed by atoms with van der Waals surface area (Å²) in [5, 5.41) is 20.1. The van der Waals surface area contributed by atoms with Crippen molar-refractivity contribution in [2.75, 3.05) is 19.0 Å². The number of hydrogen-bond donors (Lipinski definition) is 4. The average molecular weight is 543 g/mol. The second kappa shape index (κ2) is 13.7. The van der Waals surface area contributed by atoms with Gasteiger partial charge in [0.05, 0.1) is 12.4 Å². The van der Waals surface area contributed by atoms with Crippen molar-refractivity contribution in [3.8, 4) is 5.75 Å². The highest BCUT2D eigenvalue weighted by atomic mass is 32.2. The number of aliphatic carboxylic acids is 2. The standard InChI is InChI=1S/C18H28N4O6S.C2HF3O2/c1-2-3-9-29(25,26)22-12-14-10-15(27-7-4-8-28-21-18(19)20)6-5-13(14)11-16(22)17(23)24;3-2(4,5)1(6)7/h5-6,10,16H,2-4,7-9,11-12H2,1H3,(H,23,24)(H4,19,20,21);(H,6,7)/t16-;/m0./s1. The molecule has 0 aromatic heterocycles. The van der Waals surface area contributed by atoms with Crippen molar-refractivity contribution >= 4 is 27.9 Å². The third-order valence-corrected chi connectivity index (χ3v) is 6.63. The van der Waals surface area contributed by atoms with Crippen LogP contribution in [0.3, 0.4) is 0 Å². The van der Waals surface area contributed by atoms with Crippen LogP contribution in [0, 0.1) is 0 Å². The zero-order valence-electron chi connectivity index (χ0n) is 19.4. The number of rotatable bonds is 11. The number of unbranched alkanes of at least 4 members (excludes halogenated alkanes) is 1. The Morgan fingerprint density at radius 1 is 1.17 bits per heavy atom. The van der Waals surface area contributed by atoms with E-state index in [-0.39, 0.29) is 31.3 Å². The van der Waals surface area contributed by atoms with E-state index in [1.807, 2.05) is 6.92 Å². The van der Waals surface area contributed by atoms with E-state index in [4.69, 9.17) is 30.9 Å². The Bertz CT molecular complexity index is 1030. The Morgan fingerprint density at radius 2 is 1.81 bits per heavy atom. The Balaban J connectivity index is 0.000000809. The molecule has 204 valence electrons. The normalized spacial score (nSPS) is 15.6. The van der Waals surface area contributed by atoms with Crippen LogP contribution in [0.2, 0.25) is 0 Å². The molecule has 1 heterocycles. The van der Waals surface area contributed by atoms with Crippen LogP contribution < -0.4 is 16.2 Å². The quantitative estimate of drug-likeness (QED) is 0.137. The molecule has 36 heavy (non-hydrogen) atoms. The van der Waals surface area contributed by atoms with Crippen LogP contribution in [0.15, 0.2) is 23.4 Å². The van der Waals surface area contributed by atoms with Gasteiger partial charge in [-0.1, -0.05) is 19.4 Å². The number of nitrogens with zero attached hydrogens (tertiary/aromatic N) is 2. The van der Waals surface area contributed by atoms with Crippen molar-refractivity contribution in [3.05, 3.63) is 29.3 Å². The van der Waals surface area contributed by atoms with E-state index >= 15 is 0 Å². The maximum atomic E-state index is 12.7. The average Bonchev–Trinajstić information content (AvgIpc) is 2.78. The van der Waals surface area contributed by atoms with Crippen molar-refractivity contribution in [2.24, 2.45) is 16.6 Å². The number of carboxylic acid groups (broad SMARTS) is 2. The second-order valence-electron chi connectivity index (χ2n) is 7.56. The number of oxime groups is 1. The van der Waals surface area contributed by atoms with Gasteiger partial charge in [0.25, 0.3) is 0 Å². The number of hydrogen-bond acceptors (Lipinski definition) is 7. The molecule has 0 unspecified atom stereocenters. The fraction of sp³-hybridized carbons (Fsp3) is 0.550. The summed E-state index contributed by atoms with van der Waals surface area (Å²) in [6.07, 6.45) is -3.20. The molecule has 0 aliphatic carbocycles. The minimum Gasteiger partial charge on any atom is -0.493 e. The van der Waals surface area contributed by atoms with Crippen LogP contribution >= 0.6 is 0 Å². The molecule has 0 radical (unpaired) electrons. The molecule has 16 heteroatoms. The number of alkyl halides is 3. The number of halogens is 3. The molecule has 0 saturated heterocycles. The Hall–Kier alpha value is -3.27. The number of carboxylic acids is 2. The zero-order valence-corrected chi connectivity index (χ0v) is 20.2. The van der Waals surface area contributed by atoms with E-state index in [9.17, 15) is 31.5 Å². The van der Waals surface area contributed by atoms with Gasteiger partial charge in [-0.3, -0.25) is 4.79 Å². The van der Waals surface area contributed by atoms with Crippen molar-refractivity contribution in [1.29, 1.82) is 0 Å². The predicted octanol–water partition coefficient (Wildman–Crippen LogP) is 1.24. The zero-order chi connectivity index (χ0) is 27.5. The monoisotopic (exact) mass is 542 g/mol. The Labute approximate surface area is 205 Å². The molecule has 0 saturated carbocycles. The summed E-state index contributed by atoms with van der Waals surface area (Å²) in [4.78, 5) is 25.4. The van der Waals surface area contributed by atoms with Crippen molar-refractivity contribution in [2.45, 2.75) is 51.4 Å². The molecule has 12 nitrogen and oxygen atoms in total. The smallest absolute Gasteiger partial charge is 0.490 e. The molecule has 0 fully saturated rings. The van der Waals surface area contributed by atoms with Gasteiger partial charge in [0, 0.05) is 19.4 Å². The largest absolute Gasteiger partial charge is 0.493 e. The minimum atomic E-state index is -5.08. The molecular weight excluding hydrogens is 513 g/mol. The second-order valence-corrected chi connectivity index (χ2v) is 9.60. The van der Waals surface area contributed by atoms with E-state index in [1.165, 1.54) is 0 Å². The third-order valence-electron chi connectivity index (χ3n) is 4.72. The molecule has 1 aromatic carbocycles. The summed E-state index contributed by atoms with van der Waals surface area (Å²) >= 11 is 0. The number of sulfonamides is 1. The van der Waals surface area contributed by atoms with Crippen LogP contribution in [0.1, 0.15) is 37.3 Å². The summed E-state index contributed by atoms with van der Waals surface area (Å²) in [5.74, 6) is -3.54. The number of fused-ring (bicyclic) bond motifs is 1. The predicted molar refractivity (Wildman–Crippen MR) is 121 cm³/mol. The first-order chi connectivity index (χ1) is 16.7. The van der Waals surface area contributed by atoms with Gasteiger partial charge in [-0.05, 0) is 34.8 Å². The number of guanidine groups is 1. The van der Waals surface area contributed by atoms with Crippen LogP contribution in [-0.2, 0) is 37.4 Å². The van der Waals surface area contributed by atoms with E-state index in [2.05, 4.69) is 5.16 Å². The maximum absolute atomic E-state index is 12.7. The lowest BCUT2D eigenvalue weighted by Crippen LogP contribution is -2.49. The van der Waals surface area contributed by atoms with Crippen LogP contribution in [0.4, 0.5) is 13.2 Å². The van der Waals surface area contributed by atoms with Crippen LogP contribution in [-0.4, -0.2) is 72.0 Å². The van der Waals surface area contributed by atoms with Gasteiger partial charge in [-0.2, -0.15) is 17.5 Å². The summed E-state index contributed by atoms with van der Waals surface area (Å²) in [5.41, 5.74) is 11.9. The molecule has 0 bridgehead atoms. The fourth-order valence-corrected chi connectivity index (χ4v) is 4.78. The fourth-order valence-electron chi connectivity index (χ4n) is 3.01. The molecule has 1 aliphatic rings. The van der Waals surface area contributed by atoms with Crippen LogP contribution in [0.5, 0.6) is 5.75 Å². The Morgan fingerprint density at radius 3 is 2.33 bits per heavy atom. The first-order valence-corrected chi connectivity index (χ1v) is 12.3. The highest BCUT2D eigenvalue weighted by molar-refractivity contribution is 7.89. The molecule has 1 aliphatic heterocycles. The molecule has 0 spiro atoms. The van der Waals surface area contributed by atoms with Gasteiger partial charge >= 0.3 is 18.1 Å². The summed E-state index contributed by atoms with van der Waals surface area (Å²) in [7, 11) is -3.67. The lowest BCUT2D eigenvalue weighted by atomic mass is 9.95. The molecule has 2 rings (SSSR count). The minimum absolute atomic E-state index is 0.0170. The van der Waals surface area contributed by atoms with Gasteiger partial charge in [0.1, 0.15) is 18.4 Å². The van der Waals surface area contributed by atoms with Gasteiger partial charge in [-0.15, -0.1) is 0 Å². The van der Waals surface area contributed by atoms with Crippen molar-refractivity contribution < 1.29 is 51.0 Å². The number of nitrogens with two attached hydrogens (primary N) is 2. The lowest BCUT2D eigenvalue weighted by Gasteiger charge is -2.33. The summed E-state index contributed by atoms with van der Waals surface area (Å²) < 4.78 is 63.8. The highest BCUT2D eigenvalue weighted by Crippen LogP contribution is 2.29. The number of benzene rings is 1. The SMILES string of the molecule is CCCCS(=O)(=O)N1Cc2cc(OCCCON=C(N)N)ccc2C[C@H]1C(=O)O.O=C(O)C(F)(F)F. The number of ether oxygens (including phenoxy) is 1. The third kappa shape index (κ3) is 10.2. The number of carbonyl (C=O) groups is 2. The van der Waals surface area contributed by atoms with Gasteiger partial charge in [0.15, 0.2) is 0 Å². The first kappa shape index (κ1) is 30.8. The van der Waals surface area contributed by atoms with E-state index in [1.54, 1.807) is 18.2 Å². The molecule has 1 atom stereocenters. The van der Waals surface area contributed by atoms with Crippen molar-refractivity contribution in [1.82, 2.24) is 4.31 Å². The molecule has 1 aromatic rings. The van der Waals surface area contributed by atoms with Gasteiger partial charge in [0.2, 0.25) is 16.0 Å². The first-order valence-electron chi connectivity index (χ1n) is 10.7. The lowest BCUT2D eigenvalue weighted by molar-refractivity contribution is -0.192. The van der Waals surface area contributed by atoms with Crippen molar-refractivity contribution in [3.63, 3.8) is 0 Å². The van der Waals surface area contributed by atoms with E-state index in [0.29, 0.717) is 31.6 Å². The highest BCUT2D eigenvalue weighted by Gasteiger charge is 2.39. The van der Waals surface area contributed by atoms with Gasteiger partial charge < -0.3 is 31.3 Å². The van der Waals surface area contributed by atoms with Crippen LogP contribution in [0.25, 0.3) is 0 Å². The van der Waals surface area contributed by atoms with E-state index in [0.717, 1.165) is 15.4 Å².